The Kier molecular flexibility index (Phi) is 4.45. The highest BCUT2D eigenvalue weighted by Crippen LogP contribution is 2.35. The Morgan fingerprint density at radius 1 is 1.20 bits per heavy atom. The Morgan fingerprint density at radius 2 is 1.73 bits per heavy atom. The van der Waals surface area contributed by atoms with Crippen molar-refractivity contribution in [3.8, 4) is 0 Å². The Bertz CT molecular complexity index is 314. The van der Waals surface area contributed by atoms with Crippen LogP contribution in [0.2, 0.25) is 10.0 Å². The number of nitrogens with one attached hydrogen (secondary N) is 1. The van der Waals surface area contributed by atoms with E-state index in [-0.39, 0.29) is 5.41 Å². The Morgan fingerprint density at radius 3 is 2.20 bits per heavy atom. The molecule has 0 heterocycles. The molecule has 0 aliphatic carbocycles. The van der Waals surface area contributed by atoms with Gasteiger partial charge in [0, 0.05) is 22.0 Å². The summed E-state index contributed by atoms with van der Waals surface area (Å²) in [6.45, 7) is 8.19. The summed E-state index contributed by atoms with van der Waals surface area (Å²) in [4.78, 5) is 0. The third kappa shape index (κ3) is 3.10. The molecule has 0 aromatic heterocycles. The Balaban J connectivity index is 3.03. The summed E-state index contributed by atoms with van der Waals surface area (Å²) >= 11 is 12.4. The van der Waals surface area contributed by atoms with Gasteiger partial charge in [0.25, 0.3) is 0 Å². The zero-order valence-electron chi connectivity index (χ0n) is 9.40. The van der Waals surface area contributed by atoms with E-state index in [1.54, 1.807) is 0 Å². The highest BCUT2D eigenvalue weighted by molar-refractivity contribution is 6.36. The van der Waals surface area contributed by atoms with Gasteiger partial charge in [0.15, 0.2) is 0 Å². The molecule has 1 nitrogen and oxygen atoms in total. The van der Waals surface area contributed by atoms with Gasteiger partial charge in [0.1, 0.15) is 0 Å². The molecule has 3 heteroatoms. The van der Waals surface area contributed by atoms with Crippen LogP contribution in [-0.4, -0.2) is 13.1 Å². The largest absolute Gasteiger partial charge is 0.316 e. The molecular weight excluding hydrogens is 229 g/mol. The standard InChI is InChI=1S/C12H17Cl2N/c1-4-15-8-12(2,3)11-9(13)6-5-7-10(11)14/h5-7,15H,4,8H2,1-3H3. The minimum atomic E-state index is -0.0502. The first-order valence-corrected chi connectivity index (χ1v) is 5.90. The van der Waals surface area contributed by atoms with Crippen LogP contribution in [0.5, 0.6) is 0 Å². The fraction of sp³-hybridized carbons (Fsp3) is 0.500. The van der Waals surface area contributed by atoms with E-state index in [9.17, 15) is 0 Å². The van der Waals surface area contributed by atoms with Crippen LogP contribution in [0.4, 0.5) is 0 Å². The first-order valence-electron chi connectivity index (χ1n) is 5.14. The first kappa shape index (κ1) is 12.8. The lowest BCUT2D eigenvalue weighted by Crippen LogP contribution is -2.33. The summed E-state index contributed by atoms with van der Waals surface area (Å²) in [5, 5.41) is 4.81. The average Bonchev–Trinajstić information content (AvgIpc) is 2.14. The minimum absolute atomic E-state index is 0.0502. The maximum atomic E-state index is 6.18. The highest BCUT2D eigenvalue weighted by Gasteiger charge is 2.25. The van der Waals surface area contributed by atoms with E-state index in [1.165, 1.54) is 0 Å². The van der Waals surface area contributed by atoms with Crippen molar-refractivity contribution < 1.29 is 0 Å². The van der Waals surface area contributed by atoms with Crippen molar-refractivity contribution in [1.29, 1.82) is 0 Å². The van der Waals surface area contributed by atoms with Crippen LogP contribution >= 0.6 is 23.2 Å². The molecule has 0 aliphatic heterocycles. The van der Waals surface area contributed by atoms with Crippen LogP contribution in [0, 0.1) is 0 Å². The van der Waals surface area contributed by atoms with Crippen molar-refractivity contribution in [3.63, 3.8) is 0 Å². The normalized spacial score (nSPS) is 11.8. The Hall–Kier alpha value is -0.240. The molecule has 0 saturated carbocycles. The summed E-state index contributed by atoms with van der Waals surface area (Å²) in [5.74, 6) is 0. The number of halogens is 2. The smallest absolute Gasteiger partial charge is 0.0458 e. The molecule has 0 fully saturated rings. The van der Waals surface area contributed by atoms with Gasteiger partial charge in [0.05, 0.1) is 0 Å². The van der Waals surface area contributed by atoms with Gasteiger partial charge in [-0.2, -0.15) is 0 Å². The molecule has 15 heavy (non-hydrogen) atoms. The zero-order valence-corrected chi connectivity index (χ0v) is 10.9. The summed E-state index contributed by atoms with van der Waals surface area (Å²) in [5.41, 5.74) is 0.972. The Labute approximate surface area is 102 Å². The fourth-order valence-electron chi connectivity index (χ4n) is 1.67. The van der Waals surface area contributed by atoms with Gasteiger partial charge < -0.3 is 5.32 Å². The highest BCUT2D eigenvalue weighted by atomic mass is 35.5. The van der Waals surface area contributed by atoms with Gasteiger partial charge in [-0.05, 0) is 24.2 Å². The topological polar surface area (TPSA) is 12.0 Å². The zero-order chi connectivity index (χ0) is 11.5. The summed E-state index contributed by atoms with van der Waals surface area (Å²) in [6.07, 6.45) is 0. The van der Waals surface area contributed by atoms with Gasteiger partial charge in [-0.3, -0.25) is 0 Å². The lowest BCUT2D eigenvalue weighted by atomic mass is 9.84. The van der Waals surface area contributed by atoms with E-state index in [0.717, 1.165) is 28.7 Å². The SMILES string of the molecule is CCNCC(C)(C)c1c(Cl)cccc1Cl. The predicted octanol–water partition coefficient (Wildman–Crippen LogP) is 3.88. The number of hydrogen-bond acceptors (Lipinski definition) is 1. The van der Waals surface area contributed by atoms with Crippen molar-refractivity contribution in [2.24, 2.45) is 0 Å². The van der Waals surface area contributed by atoms with Gasteiger partial charge >= 0.3 is 0 Å². The number of benzene rings is 1. The van der Waals surface area contributed by atoms with E-state index in [4.69, 9.17) is 23.2 Å². The van der Waals surface area contributed by atoms with Crippen molar-refractivity contribution in [2.75, 3.05) is 13.1 Å². The average molecular weight is 246 g/mol. The van der Waals surface area contributed by atoms with Crippen LogP contribution in [0.25, 0.3) is 0 Å². The number of likely N-dealkylation sites (N-methyl/N-ethyl adjacent to an activating group) is 1. The molecule has 84 valence electrons. The predicted molar refractivity (Wildman–Crippen MR) is 68.0 cm³/mol. The van der Waals surface area contributed by atoms with Gasteiger partial charge in [0.2, 0.25) is 0 Å². The second-order valence-electron chi connectivity index (χ2n) is 4.26. The van der Waals surface area contributed by atoms with Crippen LogP contribution in [0.15, 0.2) is 18.2 Å². The van der Waals surface area contributed by atoms with Gasteiger partial charge in [-0.25, -0.2) is 0 Å². The lowest BCUT2D eigenvalue weighted by Gasteiger charge is -2.27. The van der Waals surface area contributed by atoms with Gasteiger partial charge in [-0.15, -0.1) is 0 Å². The third-order valence-electron chi connectivity index (χ3n) is 2.46. The second kappa shape index (κ2) is 5.20. The minimum Gasteiger partial charge on any atom is -0.316 e. The monoisotopic (exact) mass is 245 g/mol. The fourth-order valence-corrected chi connectivity index (χ4v) is 2.58. The number of rotatable bonds is 4. The van der Waals surface area contributed by atoms with Crippen molar-refractivity contribution in [2.45, 2.75) is 26.2 Å². The molecule has 1 aromatic carbocycles. The summed E-state index contributed by atoms with van der Waals surface area (Å²) < 4.78 is 0. The lowest BCUT2D eigenvalue weighted by molar-refractivity contribution is 0.478. The number of hydrogen-bond donors (Lipinski definition) is 1. The molecular formula is C12H17Cl2N. The quantitative estimate of drug-likeness (QED) is 0.850. The summed E-state index contributed by atoms with van der Waals surface area (Å²) in [6, 6.07) is 5.64. The molecule has 0 aliphatic rings. The molecule has 0 bridgehead atoms. The molecule has 0 saturated heterocycles. The maximum absolute atomic E-state index is 6.18. The molecule has 0 atom stereocenters. The van der Waals surface area contributed by atoms with Gasteiger partial charge in [-0.1, -0.05) is 50.0 Å². The van der Waals surface area contributed by atoms with E-state index < -0.39 is 0 Å². The second-order valence-corrected chi connectivity index (χ2v) is 5.08. The molecule has 0 amide bonds. The third-order valence-corrected chi connectivity index (χ3v) is 3.09. The molecule has 0 unspecified atom stereocenters. The van der Waals surface area contributed by atoms with E-state index in [2.05, 4.69) is 26.1 Å². The van der Waals surface area contributed by atoms with Crippen LogP contribution in [0.3, 0.4) is 0 Å². The van der Waals surface area contributed by atoms with E-state index in [1.807, 2.05) is 18.2 Å². The van der Waals surface area contributed by atoms with Crippen LogP contribution < -0.4 is 5.32 Å². The van der Waals surface area contributed by atoms with E-state index >= 15 is 0 Å². The van der Waals surface area contributed by atoms with Crippen LogP contribution in [-0.2, 0) is 5.41 Å². The maximum Gasteiger partial charge on any atom is 0.0458 e. The molecule has 1 aromatic rings. The molecule has 1 rings (SSSR count). The van der Waals surface area contributed by atoms with Crippen molar-refractivity contribution in [3.05, 3.63) is 33.8 Å². The first-order chi connectivity index (χ1) is 6.99. The molecule has 0 spiro atoms. The van der Waals surface area contributed by atoms with Crippen LogP contribution in [0.1, 0.15) is 26.3 Å². The van der Waals surface area contributed by atoms with Crippen molar-refractivity contribution in [1.82, 2.24) is 5.32 Å². The van der Waals surface area contributed by atoms with E-state index in [0.29, 0.717) is 0 Å². The molecule has 1 N–H and O–H groups in total. The molecule has 0 radical (unpaired) electrons. The summed E-state index contributed by atoms with van der Waals surface area (Å²) in [7, 11) is 0. The van der Waals surface area contributed by atoms with Crippen molar-refractivity contribution >= 4 is 23.2 Å².